The maximum Gasteiger partial charge on any atom is 0.289 e. The van der Waals surface area contributed by atoms with Gasteiger partial charge in [-0.2, -0.15) is 0 Å². The van der Waals surface area contributed by atoms with Crippen molar-refractivity contribution in [2.45, 2.75) is 43.5 Å². The van der Waals surface area contributed by atoms with E-state index < -0.39 is 9.05 Å². The lowest BCUT2D eigenvalue weighted by Gasteiger charge is -2.26. The second-order valence-corrected chi connectivity index (χ2v) is 8.14. The molecule has 1 amide bonds. The summed E-state index contributed by atoms with van der Waals surface area (Å²) in [6, 6.07) is 1.29. The van der Waals surface area contributed by atoms with Crippen LogP contribution in [0.15, 0.2) is 20.0 Å². The minimum absolute atomic E-state index is 0.00940. The molecule has 0 saturated carbocycles. The van der Waals surface area contributed by atoms with Crippen LogP contribution in [0.3, 0.4) is 0 Å². The summed E-state index contributed by atoms with van der Waals surface area (Å²) in [6.45, 7) is 2.64. The fourth-order valence-electron chi connectivity index (χ4n) is 2.34. The van der Waals surface area contributed by atoms with Crippen molar-refractivity contribution in [2.24, 2.45) is 0 Å². The number of furan rings is 1. The first-order chi connectivity index (χ1) is 9.30. The Kier molecular flexibility index (Phi) is 4.81. The number of carbonyl (C=O) groups excluding carboxylic acids is 1. The van der Waals surface area contributed by atoms with Crippen molar-refractivity contribution in [2.75, 3.05) is 6.54 Å². The first kappa shape index (κ1) is 15.9. The Bertz CT molecular complexity index is 613. The molecule has 0 spiro atoms. The maximum atomic E-state index is 12.4. The van der Waals surface area contributed by atoms with Gasteiger partial charge in [-0.05, 0) is 35.7 Å². The van der Waals surface area contributed by atoms with Crippen LogP contribution in [0.5, 0.6) is 0 Å². The lowest BCUT2D eigenvalue weighted by atomic mass is 10.1. The van der Waals surface area contributed by atoms with E-state index in [-0.39, 0.29) is 27.3 Å². The molecule has 1 saturated heterocycles. The molecule has 1 aliphatic rings. The molecule has 0 aliphatic carbocycles. The lowest BCUT2D eigenvalue weighted by Crippen LogP contribution is -2.38. The highest BCUT2D eigenvalue weighted by Gasteiger charge is 2.29. The summed E-state index contributed by atoms with van der Waals surface area (Å²) in [7, 11) is 1.34. The molecule has 0 N–H and O–H groups in total. The Morgan fingerprint density at radius 3 is 2.75 bits per heavy atom. The normalized spacial score (nSPS) is 20.8. The Balaban J connectivity index is 2.29. The van der Waals surface area contributed by atoms with Crippen LogP contribution in [0.2, 0.25) is 0 Å². The number of amides is 1. The summed E-state index contributed by atoms with van der Waals surface area (Å²) in [5.74, 6) is -0.309. The fraction of sp³-hybridized carbons (Fsp3) is 0.583. The Morgan fingerprint density at radius 1 is 1.45 bits per heavy atom. The Morgan fingerprint density at radius 2 is 2.15 bits per heavy atom. The number of likely N-dealkylation sites (tertiary alicyclic amines) is 1. The number of hydrogen-bond acceptors (Lipinski definition) is 4. The van der Waals surface area contributed by atoms with Gasteiger partial charge in [0.25, 0.3) is 15.0 Å². The molecule has 1 atom stereocenters. The van der Waals surface area contributed by atoms with Crippen molar-refractivity contribution < 1.29 is 17.6 Å². The van der Waals surface area contributed by atoms with Crippen molar-refractivity contribution in [1.29, 1.82) is 0 Å². The van der Waals surface area contributed by atoms with Gasteiger partial charge in [-0.15, -0.1) is 0 Å². The predicted molar refractivity (Wildman–Crippen MR) is 78.4 cm³/mol. The first-order valence-electron chi connectivity index (χ1n) is 6.35. The summed E-state index contributed by atoms with van der Waals surface area (Å²) in [4.78, 5) is 13.9. The average molecular weight is 385 g/mol. The third kappa shape index (κ3) is 3.38. The van der Waals surface area contributed by atoms with Gasteiger partial charge in [0.05, 0.1) is 0 Å². The van der Waals surface area contributed by atoms with Gasteiger partial charge in [0.15, 0.2) is 10.4 Å². The van der Waals surface area contributed by atoms with Crippen LogP contribution in [0, 0.1) is 0 Å². The third-order valence-corrected chi connectivity index (χ3v) is 5.62. The molecule has 8 heteroatoms. The highest BCUT2D eigenvalue weighted by molar-refractivity contribution is 9.10. The number of carbonyl (C=O) groups is 1. The van der Waals surface area contributed by atoms with E-state index in [0.29, 0.717) is 6.54 Å². The maximum absolute atomic E-state index is 12.4. The minimum Gasteiger partial charge on any atom is -0.443 e. The van der Waals surface area contributed by atoms with Crippen LogP contribution in [0.25, 0.3) is 0 Å². The molecule has 1 aromatic heterocycles. The molecule has 5 nitrogen and oxygen atoms in total. The van der Waals surface area contributed by atoms with Gasteiger partial charge in [0.2, 0.25) is 0 Å². The van der Waals surface area contributed by atoms with Gasteiger partial charge in [-0.3, -0.25) is 4.79 Å². The number of halogens is 2. The van der Waals surface area contributed by atoms with Crippen molar-refractivity contribution in [3.63, 3.8) is 0 Å². The van der Waals surface area contributed by atoms with Crippen molar-refractivity contribution >= 4 is 41.6 Å². The zero-order valence-corrected chi connectivity index (χ0v) is 14.1. The molecule has 1 unspecified atom stereocenters. The van der Waals surface area contributed by atoms with Crippen LogP contribution in [0.4, 0.5) is 0 Å². The summed E-state index contributed by atoms with van der Waals surface area (Å²) in [5, 5.41) is 0. The van der Waals surface area contributed by atoms with E-state index in [1.54, 1.807) is 4.90 Å². The Labute approximate surface area is 130 Å². The number of hydrogen-bond donors (Lipinski definition) is 0. The Hall–Kier alpha value is -0.530. The minimum atomic E-state index is -3.94. The summed E-state index contributed by atoms with van der Waals surface area (Å²) < 4.78 is 27.8. The SMILES string of the molecule is CC1CCCCCN1C(=O)c1cc(S(=O)(=O)Cl)c(Br)o1. The smallest absolute Gasteiger partial charge is 0.289 e. The molecule has 1 fully saturated rings. The van der Waals surface area contributed by atoms with E-state index in [0.717, 1.165) is 25.7 Å². The van der Waals surface area contributed by atoms with Crippen LogP contribution >= 0.6 is 26.6 Å². The largest absolute Gasteiger partial charge is 0.443 e. The highest BCUT2D eigenvalue weighted by atomic mass is 79.9. The third-order valence-electron chi connectivity index (χ3n) is 3.44. The molecule has 20 heavy (non-hydrogen) atoms. The summed E-state index contributed by atoms with van der Waals surface area (Å²) in [5.41, 5.74) is 0. The summed E-state index contributed by atoms with van der Waals surface area (Å²) in [6.07, 6.45) is 4.07. The van der Waals surface area contributed by atoms with Gasteiger partial charge in [-0.25, -0.2) is 8.42 Å². The van der Waals surface area contributed by atoms with E-state index in [1.807, 2.05) is 6.92 Å². The molecule has 0 aromatic carbocycles. The fourth-order valence-corrected chi connectivity index (χ4v) is 4.37. The van der Waals surface area contributed by atoms with Gasteiger partial charge >= 0.3 is 0 Å². The van der Waals surface area contributed by atoms with Crippen LogP contribution in [-0.2, 0) is 9.05 Å². The van der Waals surface area contributed by atoms with E-state index in [4.69, 9.17) is 15.1 Å². The topological polar surface area (TPSA) is 67.6 Å². The number of rotatable bonds is 2. The molecular weight excluding hydrogens is 370 g/mol. The second-order valence-electron chi connectivity index (χ2n) is 4.88. The first-order valence-corrected chi connectivity index (χ1v) is 9.46. The van der Waals surface area contributed by atoms with E-state index in [9.17, 15) is 13.2 Å². The molecular formula is C12H15BrClNO4S. The lowest BCUT2D eigenvalue weighted by molar-refractivity contribution is 0.0664. The molecule has 2 heterocycles. The monoisotopic (exact) mass is 383 g/mol. The van der Waals surface area contributed by atoms with Crippen LogP contribution in [-0.4, -0.2) is 31.8 Å². The molecule has 1 aromatic rings. The average Bonchev–Trinajstić information content (AvgIpc) is 2.62. The quantitative estimate of drug-likeness (QED) is 0.733. The van der Waals surface area contributed by atoms with Crippen molar-refractivity contribution in [3.8, 4) is 0 Å². The van der Waals surface area contributed by atoms with Crippen LogP contribution in [0.1, 0.15) is 43.2 Å². The molecule has 0 bridgehead atoms. The molecule has 1 aliphatic heterocycles. The van der Waals surface area contributed by atoms with Gasteiger partial charge in [0, 0.05) is 29.3 Å². The van der Waals surface area contributed by atoms with Gasteiger partial charge in [-0.1, -0.05) is 12.8 Å². The molecule has 112 valence electrons. The number of nitrogens with zero attached hydrogens (tertiary/aromatic N) is 1. The van der Waals surface area contributed by atoms with Crippen molar-refractivity contribution in [1.82, 2.24) is 4.90 Å². The zero-order valence-electron chi connectivity index (χ0n) is 10.9. The van der Waals surface area contributed by atoms with E-state index in [2.05, 4.69) is 15.9 Å². The van der Waals surface area contributed by atoms with Crippen LogP contribution < -0.4 is 0 Å². The van der Waals surface area contributed by atoms with Gasteiger partial charge < -0.3 is 9.32 Å². The zero-order chi connectivity index (χ0) is 14.9. The highest BCUT2D eigenvalue weighted by Crippen LogP contribution is 2.30. The van der Waals surface area contributed by atoms with E-state index >= 15 is 0 Å². The van der Waals surface area contributed by atoms with Gasteiger partial charge in [0.1, 0.15) is 4.90 Å². The molecule has 0 radical (unpaired) electrons. The van der Waals surface area contributed by atoms with Crippen molar-refractivity contribution in [3.05, 3.63) is 16.5 Å². The predicted octanol–water partition coefficient (Wildman–Crippen LogP) is 3.37. The second kappa shape index (κ2) is 6.07. The van der Waals surface area contributed by atoms with E-state index in [1.165, 1.54) is 6.07 Å². The standard InChI is InChI=1S/C12H15BrClNO4S/c1-8-5-3-2-4-6-15(8)12(16)9-7-10(11(13)19-9)20(14,17)18/h7-8H,2-6H2,1H3. The summed E-state index contributed by atoms with van der Waals surface area (Å²) >= 11 is 2.97. The molecule has 2 rings (SSSR count).